The van der Waals surface area contributed by atoms with E-state index >= 15 is 0 Å². The summed E-state index contributed by atoms with van der Waals surface area (Å²) in [6, 6.07) is 6.94. The summed E-state index contributed by atoms with van der Waals surface area (Å²) in [5, 5.41) is 3.43. The number of nitrogens with one attached hydrogen (secondary N) is 1. The third kappa shape index (κ3) is 2.91. The number of hydrogen-bond donors (Lipinski definition) is 1. The second kappa shape index (κ2) is 6.46. The second-order valence-corrected chi connectivity index (χ2v) is 5.49. The lowest BCUT2D eigenvalue weighted by atomic mass is 9.99. The van der Waals surface area contributed by atoms with Crippen LogP contribution in [-0.4, -0.2) is 44.3 Å². The van der Waals surface area contributed by atoms with Crippen molar-refractivity contribution in [1.29, 1.82) is 0 Å². The molecule has 1 fully saturated rings. The summed E-state index contributed by atoms with van der Waals surface area (Å²) >= 11 is 0. The molecule has 1 atom stereocenters. The number of ether oxygens (including phenoxy) is 2. The van der Waals surface area contributed by atoms with E-state index in [1.54, 1.807) is 0 Å². The lowest BCUT2D eigenvalue weighted by molar-refractivity contribution is 0.159. The van der Waals surface area contributed by atoms with E-state index in [-0.39, 0.29) is 0 Å². The Labute approximate surface area is 121 Å². The van der Waals surface area contributed by atoms with Gasteiger partial charge in [0.15, 0.2) is 11.5 Å². The molecule has 1 aromatic carbocycles. The van der Waals surface area contributed by atoms with Gasteiger partial charge in [0.1, 0.15) is 13.2 Å². The number of benzene rings is 1. The number of rotatable bonds is 4. The average molecular weight is 276 g/mol. The van der Waals surface area contributed by atoms with Crippen LogP contribution in [0.5, 0.6) is 11.5 Å². The monoisotopic (exact) mass is 276 g/mol. The van der Waals surface area contributed by atoms with E-state index in [4.69, 9.17) is 9.47 Å². The van der Waals surface area contributed by atoms with Crippen molar-refractivity contribution in [3.05, 3.63) is 23.8 Å². The summed E-state index contributed by atoms with van der Waals surface area (Å²) in [6.45, 7) is 7.99. The molecule has 0 saturated carbocycles. The van der Waals surface area contributed by atoms with Crippen molar-refractivity contribution in [1.82, 2.24) is 10.2 Å². The summed E-state index contributed by atoms with van der Waals surface area (Å²) in [5.41, 5.74) is 1.36. The van der Waals surface area contributed by atoms with Crippen LogP contribution in [0.3, 0.4) is 0 Å². The molecular formula is C16H24N2O2. The van der Waals surface area contributed by atoms with Crippen molar-refractivity contribution in [2.75, 3.05) is 39.4 Å². The molecule has 0 aliphatic carbocycles. The maximum atomic E-state index is 5.72. The summed E-state index contributed by atoms with van der Waals surface area (Å²) in [4.78, 5) is 2.59. The zero-order chi connectivity index (χ0) is 13.8. The van der Waals surface area contributed by atoms with Gasteiger partial charge in [-0.2, -0.15) is 0 Å². The predicted octanol–water partition coefficient (Wildman–Crippen LogP) is 2.20. The van der Waals surface area contributed by atoms with E-state index in [0.29, 0.717) is 19.3 Å². The maximum Gasteiger partial charge on any atom is 0.161 e. The van der Waals surface area contributed by atoms with Gasteiger partial charge in [0.05, 0.1) is 0 Å². The van der Waals surface area contributed by atoms with Gasteiger partial charge in [-0.15, -0.1) is 0 Å². The Morgan fingerprint density at radius 3 is 2.65 bits per heavy atom. The molecule has 0 radical (unpaired) electrons. The minimum Gasteiger partial charge on any atom is -0.486 e. The fourth-order valence-corrected chi connectivity index (χ4v) is 3.09. The normalized spacial score (nSPS) is 20.6. The highest BCUT2D eigenvalue weighted by molar-refractivity contribution is 5.44. The van der Waals surface area contributed by atoms with Crippen LogP contribution in [0.15, 0.2) is 18.2 Å². The Morgan fingerprint density at radius 2 is 1.90 bits per heavy atom. The van der Waals surface area contributed by atoms with Gasteiger partial charge in [-0.1, -0.05) is 19.4 Å². The topological polar surface area (TPSA) is 33.7 Å². The van der Waals surface area contributed by atoms with Crippen LogP contribution >= 0.6 is 0 Å². The molecule has 2 aliphatic rings. The smallest absolute Gasteiger partial charge is 0.161 e. The highest BCUT2D eigenvalue weighted by Crippen LogP contribution is 2.35. The first-order chi connectivity index (χ1) is 9.88. The van der Waals surface area contributed by atoms with Crippen molar-refractivity contribution in [3.63, 3.8) is 0 Å². The van der Waals surface area contributed by atoms with Crippen molar-refractivity contribution < 1.29 is 9.47 Å². The van der Waals surface area contributed by atoms with Crippen LogP contribution in [0, 0.1) is 0 Å². The molecule has 0 aromatic heterocycles. The molecule has 20 heavy (non-hydrogen) atoms. The van der Waals surface area contributed by atoms with E-state index in [0.717, 1.165) is 37.7 Å². The maximum absolute atomic E-state index is 5.72. The molecule has 1 aromatic rings. The first-order valence-electron chi connectivity index (χ1n) is 7.73. The van der Waals surface area contributed by atoms with E-state index in [1.165, 1.54) is 18.4 Å². The van der Waals surface area contributed by atoms with Gasteiger partial charge in [-0.05, 0) is 24.1 Å². The SMILES string of the molecule is CCC[C@@H](c1ccc2c(c1)OCCO2)N1CCNCC1. The van der Waals surface area contributed by atoms with Gasteiger partial charge in [0.2, 0.25) is 0 Å². The molecule has 3 rings (SSSR count). The average Bonchev–Trinajstić information content (AvgIpc) is 2.53. The molecule has 0 spiro atoms. The lowest BCUT2D eigenvalue weighted by Crippen LogP contribution is -2.45. The van der Waals surface area contributed by atoms with Gasteiger partial charge < -0.3 is 14.8 Å². The van der Waals surface area contributed by atoms with Crippen molar-refractivity contribution in [2.45, 2.75) is 25.8 Å². The van der Waals surface area contributed by atoms with E-state index in [1.807, 2.05) is 0 Å². The summed E-state index contributed by atoms with van der Waals surface area (Å²) in [6.07, 6.45) is 2.39. The zero-order valence-electron chi connectivity index (χ0n) is 12.2. The largest absolute Gasteiger partial charge is 0.486 e. The first kappa shape index (κ1) is 13.7. The Morgan fingerprint density at radius 1 is 1.15 bits per heavy atom. The van der Waals surface area contributed by atoms with Crippen LogP contribution < -0.4 is 14.8 Å². The number of piperazine rings is 1. The third-order valence-corrected chi connectivity index (χ3v) is 4.11. The van der Waals surface area contributed by atoms with Gasteiger partial charge in [-0.25, -0.2) is 0 Å². The molecule has 4 heteroatoms. The molecule has 0 amide bonds. The first-order valence-corrected chi connectivity index (χ1v) is 7.73. The van der Waals surface area contributed by atoms with E-state index in [2.05, 4.69) is 35.3 Å². The zero-order valence-corrected chi connectivity index (χ0v) is 12.2. The van der Waals surface area contributed by atoms with E-state index < -0.39 is 0 Å². The number of fused-ring (bicyclic) bond motifs is 1. The van der Waals surface area contributed by atoms with Gasteiger partial charge >= 0.3 is 0 Å². The van der Waals surface area contributed by atoms with Crippen molar-refractivity contribution >= 4 is 0 Å². The van der Waals surface area contributed by atoms with Crippen molar-refractivity contribution in [2.24, 2.45) is 0 Å². The van der Waals surface area contributed by atoms with Crippen LogP contribution in [-0.2, 0) is 0 Å². The van der Waals surface area contributed by atoms with E-state index in [9.17, 15) is 0 Å². The summed E-state index contributed by atoms with van der Waals surface area (Å²) in [5.74, 6) is 1.79. The highest BCUT2D eigenvalue weighted by atomic mass is 16.6. The molecule has 1 saturated heterocycles. The quantitative estimate of drug-likeness (QED) is 0.914. The van der Waals surface area contributed by atoms with Crippen LogP contribution in [0.1, 0.15) is 31.4 Å². The minimum absolute atomic E-state index is 0.498. The van der Waals surface area contributed by atoms with Gasteiger partial charge in [0, 0.05) is 32.2 Å². The second-order valence-electron chi connectivity index (χ2n) is 5.49. The standard InChI is InChI=1S/C16H24N2O2/c1-2-3-14(18-8-6-17-7-9-18)13-4-5-15-16(12-13)20-11-10-19-15/h4-5,12,14,17H,2-3,6-11H2,1H3/t14-/m0/s1. The molecule has 2 aliphatic heterocycles. The molecule has 110 valence electrons. The van der Waals surface area contributed by atoms with Gasteiger partial charge in [-0.3, -0.25) is 4.90 Å². The third-order valence-electron chi connectivity index (χ3n) is 4.11. The Hall–Kier alpha value is -1.26. The van der Waals surface area contributed by atoms with Gasteiger partial charge in [0.25, 0.3) is 0 Å². The Kier molecular flexibility index (Phi) is 4.43. The highest BCUT2D eigenvalue weighted by Gasteiger charge is 2.23. The lowest BCUT2D eigenvalue weighted by Gasteiger charge is -2.35. The molecule has 0 unspecified atom stereocenters. The Balaban J connectivity index is 1.82. The molecule has 0 bridgehead atoms. The van der Waals surface area contributed by atoms with Crippen LogP contribution in [0.4, 0.5) is 0 Å². The molecule has 2 heterocycles. The minimum atomic E-state index is 0.498. The summed E-state index contributed by atoms with van der Waals surface area (Å²) < 4.78 is 11.3. The molecule has 1 N–H and O–H groups in total. The van der Waals surface area contributed by atoms with Crippen LogP contribution in [0.2, 0.25) is 0 Å². The molecule has 4 nitrogen and oxygen atoms in total. The number of nitrogens with zero attached hydrogens (tertiary/aromatic N) is 1. The Bertz CT molecular complexity index is 444. The summed E-state index contributed by atoms with van der Waals surface area (Å²) in [7, 11) is 0. The van der Waals surface area contributed by atoms with Crippen LogP contribution in [0.25, 0.3) is 0 Å². The molecular weight excluding hydrogens is 252 g/mol. The fourth-order valence-electron chi connectivity index (χ4n) is 3.09. The predicted molar refractivity (Wildman–Crippen MR) is 79.5 cm³/mol. The van der Waals surface area contributed by atoms with Crippen molar-refractivity contribution in [3.8, 4) is 11.5 Å². The fraction of sp³-hybridized carbons (Fsp3) is 0.625. The number of hydrogen-bond acceptors (Lipinski definition) is 4.